The lowest BCUT2D eigenvalue weighted by molar-refractivity contribution is 0.152. The smallest absolute Gasteiger partial charge is 0.317 e. The molecule has 2 heterocycles. The van der Waals surface area contributed by atoms with Crippen molar-refractivity contribution < 1.29 is 9.53 Å². The second-order valence-electron chi connectivity index (χ2n) is 7.73. The van der Waals surface area contributed by atoms with Crippen molar-refractivity contribution in [1.82, 2.24) is 10.2 Å². The maximum atomic E-state index is 12.6. The number of ether oxygens (including phenoxy) is 1. The Hall–Kier alpha value is -1.55. The van der Waals surface area contributed by atoms with E-state index in [1.165, 1.54) is 24.0 Å². The first-order valence-electron chi connectivity index (χ1n) is 8.79. The van der Waals surface area contributed by atoms with Gasteiger partial charge in [0.2, 0.25) is 0 Å². The molecule has 0 unspecified atom stereocenters. The summed E-state index contributed by atoms with van der Waals surface area (Å²) in [6, 6.07) is 8.68. The van der Waals surface area contributed by atoms with E-state index in [2.05, 4.69) is 36.5 Å². The number of likely N-dealkylation sites (tertiary alicyclic amines) is 1. The van der Waals surface area contributed by atoms with Crippen LogP contribution in [0.1, 0.15) is 36.8 Å². The minimum absolute atomic E-state index is 0.105. The van der Waals surface area contributed by atoms with Crippen LogP contribution >= 0.6 is 0 Å². The van der Waals surface area contributed by atoms with Crippen molar-refractivity contribution >= 4 is 6.03 Å². The standard InChI is InChI=1S/C19H26N2O2/c1-15-4-2-3-5-16(15)19(6-7-19)12-20-17(22)21-10-8-18(13-21)9-11-23-14-18/h2-5H,6-14H2,1H3,(H,20,22)/t18-/m0/s1. The topological polar surface area (TPSA) is 41.6 Å². The molecular weight excluding hydrogens is 288 g/mol. The molecule has 0 radical (unpaired) electrons. The highest BCUT2D eigenvalue weighted by Gasteiger charge is 2.46. The van der Waals surface area contributed by atoms with E-state index in [4.69, 9.17) is 4.74 Å². The summed E-state index contributed by atoms with van der Waals surface area (Å²) < 4.78 is 5.55. The van der Waals surface area contributed by atoms with Gasteiger partial charge in [-0.2, -0.15) is 0 Å². The van der Waals surface area contributed by atoms with Gasteiger partial charge in [0.15, 0.2) is 0 Å². The molecule has 124 valence electrons. The van der Waals surface area contributed by atoms with Crippen molar-refractivity contribution in [2.75, 3.05) is 32.8 Å². The molecule has 1 saturated carbocycles. The van der Waals surface area contributed by atoms with Crippen molar-refractivity contribution in [1.29, 1.82) is 0 Å². The Balaban J connectivity index is 1.36. The van der Waals surface area contributed by atoms with Gasteiger partial charge in [-0.15, -0.1) is 0 Å². The number of nitrogens with zero attached hydrogens (tertiary/aromatic N) is 1. The van der Waals surface area contributed by atoms with Crippen LogP contribution in [0.25, 0.3) is 0 Å². The highest BCUT2D eigenvalue weighted by molar-refractivity contribution is 5.75. The Morgan fingerprint density at radius 2 is 2.09 bits per heavy atom. The Morgan fingerprint density at radius 3 is 2.78 bits per heavy atom. The van der Waals surface area contributed by atoms with Crippen LogP contribution in [0.2, 0.25) is 0 Å². The van der Waals surface area contributed by atoms with E-state index in [0.717, 1.165) is 45.7 Å². The van der Waals surface area contributed by atoms with Crippen LogP contribution in [-0.2, 0) is 10.2 Å². The molecule has 2 aliphatic heterocycles. The fraction of sp³-hybridized carbons (Fsp3) is 0.632. The molecule has 3 aliphatic rings. The quantitative estimate of drug-likeness (QED) is 0.932. The monoisotopic (exact) mass is 314 g/mol. The third-order valence-corrected chi connectivity index (χ3v) is 6.06. The van der Waals surface area contributed by atoms with E-state index in [0.29, 0.717) is 0 Å². The van der Waals surface area contributed by atoms with Gasteiger partial charge >= 0.3 is 6.03 Å². The van der Waals surface area contributed by atoms with E-state index in [-0.39, 0.29) is 16.9 Å². The van der Waals surface area contributed by atoms with Crippen molar-refractivity contribution in [3.63, 3.8) is 0 Å². The molecule has 0 aromatic heterocycles. The molecule has 1 N–H and O–H groups in total. The summed E-state index contributed by atoms with van der Waals surface area (Å²) in [5.74, 6) is 0. The zero-order valence-electron chi connectivity index (χ0n) is 13.9. The molecule has 23 heavy (non-hydrogen) atoms. The van der Waals surface area contributed by atoms with Crippen LogP contribution in [0, 0.1) is 12.3 Å². The Kier molecular flexibility index (Phi) is 3.60. The Morgan fingerprint density at radius 1 is 1.26 bits per heavy atom. The van der Waals surface area contributed by atoms with Gasteiger partial charge in [0.05, 0.1) is 6.61 Å². The maximum Gasteiger partial charge on any atom is 0.317 e. The van der Waals surface area contributed by atoms with Gasteiger partial charge < -0.3 is 15.0 Å². The van der Waals surface area contributed by atoms with Crippen molar-refractivity contribution in [2.45, 2.75) is 38.0 Å². The van der Waals surface area contributed by atoms with Crippen LogP contribution in [-0.4, -0.2) is 43.8 Å². The fourth-order valence-electron chi connectivity index (χ4n) is 4.30. The fourth-order valence-corrected chi connectivity index (χ4v) is 4.30. The van der Waals surface area contributed by atoms with Crippen LogP contribution < -0.4 is 5.32 Å². The number of aryl methyl sites for hydroxylation is 1. The molecule has 1 spiro atoms. The zero-order valence-corrected chi connectivity index (χ0v) is 13.9. The molecule has 1 atom stereocenters. The first-order chi connectivity index (χ1) is 11.1. The summed E-state index contributed by atoms with van der Waals surface area (Å²) >= 11 is 0. The van der Waals surface area contributed by atoms with Gasteiger partial charge in [-0.05, 0) is 43.7 Å². The van der Waals surface area contributed by atoms with Crippen molar-refractivity contribution in [3.05, 3.63) is 35.4 Å². The number of hydrogen-bond acceptors (Lipinski definition) is 2. The zero-order chi connectivity index (χ0) is 15.9. The minimum atomic E-state index is 0.105. The summed E-state index contributed by atoms with van der Waals surface area (Å²) in [5.41, 5.74) is 3.16. The van der Waals surface area contributed by atoms with Crippen LogP contribution in [0.5, 0.6) is 0 Å². The van der Waals surface area contributed by atoms with Crippen LogP contribution in [0.15, 0.2) is 24.3 Å². The highest BCUT2D eigenvalue weighted by Crippen LogP contribution is 2.48. The lowest BCUT2D eigenvalue weighted by Gasteiger charge is -2.24. The third-order valence-electron chi connectivity index (χ3n) is 6.06. The molecule has 1 aromatic carbocycles. The lowest BCUT2D eigenvalue weighted by Crippen LogP contribution is -2.43. The molecule has 3 fully saturated rings. The van der Waals surface area contributed by atoms with Gasteiger partial charge in [-0.25, -0.2) is 4.79 Å². The van der Waals surface area contributed by atoms with Crippen molar-refractivity contribution in [3.8, 4) is 0 Å². The minimum Gasteiger partial charge on any atom is -0.381 e. The molecule has 2 saturated heterocycles. The SMILES string of the molecule is Cc1ccccc1C1(CNC(=O)N2CC[C@]3(CCOC3)C2)CC1. The third kappa shape index (κ3) is 2.74. The number of benzene rings is 1. The normalized spacial score (nSPS) is 28.3. The summed E-state index contributed by atoms with van der Waals surface area (Å²) in [7, 11) is 0. The summed E-state index contributed by atoms with van der Waals surface area (Å²) in [4.78, 5) is 14.5. The van der Waals surface area contributed by atoms with Gasteiger partial charge in [-0.3, -0.25) is 0 Å². The van der Waals surface area contributed by atoms with Gasteiger partial charge in [0.25, 0.3) is 0 Å². The predicted octanol–water partition coefficient (Wildman–Crippen LogP) is 2.85. The second-order valence-corrected chi connectivity index (χ2v) is 7.73. The molecular formula is C19H26N2O2. The molecule has 4 rings (SSSR count). The largest absolute Gasteiger partial charge is 0.381 e. The number of hydrogen-bond donors (Lipinski definition) is 1. The number of carbonyl (C=O) groups is 1. The molecule has 0 bridgehead atoms. The first kappa shape index (κ1) is 15.0. The maximum absolute atomic E-state index is 12.6. The Bertz CT molecular complexity index is 603. The van der Waals surface area contributed by atoms with E-state index in [1.54, 1.807) is 0 Å². The number of rotatable bonds is 3. The highest BCUT2D eigenvalue weighted by atomic mass is 16.5. The average molecular weight is 314 g/mol. The summed E-state index contributed by atoms with van der Waals surface area (Å²) in [6.45, 7) is 6.33. The van der Waals surface area contributed by atoms with E-state index < -0.39 is 0 Å². The second kappa shape index (κ2) is 5.52. The molecule has 1 aliphatic carbocycles. The number of carbonyl (C=O) groups excluding carboxylic acids is 1. The van der Waals surface area contributed by atoms with E-state index in [9.17, 15) is 4.79 Å². The number of nitrogens with one attached hydrogen (secondary N) is 1. The first-order valence-corrected chi connectivity index (χ1v) is 8.79. The summed E-state index contributed by atoms with van der Waals surface area (Å²) in [5, 5.41) is 3.21. The van der Waals surface area contributed by atoms with Crippen LogP contribution in [0.4, 0.5) is 4.79 Å². The van der Waals surface area contributed by atoms with E-state index in [1.807, 2.05) is 4.90 Å². The van der Waals surface area contributed by atoms with Gasteiger partial charge in [-0.1, -0.05) is 24.3 Å². The average Bonchev–Trinajstić information content (AvgIpc) is 3.02. The molecule has 1 aromatic rings. The molecule has 4 heteroatoms. The summed E-state index contributed by atoms with van der Waals surface area (Å²) in [6.07, 6.45) is 4.54. The van der Waals surface area contributed by atoms with E-state index >= 15 is 0 Å². The molecule has 4 nitrogen and oxygen atoms in total. The number of urea groups is 1. The predicted molar refractivity (Wildman–Crippen MR) is 89.5 cm³/mol. The number of amides is 2. The van der Waals surface area contributed by atoms with Crippen molar-refractivity contribution in [2.24, 2.45) is 5.41 Å². The molecule has 2 amide bonds. The van der Waals surface area contributed by atoms with Gasteiger partial charge in [0.1, 0.15) is 0 Å². The Labute approximate surface area is 138 Å². The van der Waals surface area contributed by atoms with Crippen LogP contribution in [0.3, 0.4) is 0 Å². The lowest BCUT2D eigenvalue weighted by atomic mass is 9.87. The van der Waals surface area contributed by atoms with Gasteiger partial charge in [0, 0.05) is 37.1 Å².